The van der Waals surface area contributed by atoms with Crippen molar-refractivity contribution in [3.8, 4) is 5.75 Å². The summed E-state index contributed by atoms with van der Waals surface area (Å²) in [6.07, 6.45) is 7.45. The molecule has 0 saturated heterocycles. The molecule has 1 spiro atoms. The molecular formula is C21H32IN3O2. The Morgan fingerprint density at radius 2 is 2.22 bits per heavy atom. The van der Waals surface area contributed by atoms with E-state index in [9.17, 15) is 0 Å². The summed E-state index contributed by atoms with van der Waals surface area (Å²) in [7, 11) is 1.86. The second kappa shape index (κ2) is 8.99. The SMILES string of the molecule is CCOC1CC(NC(=NC)NCCc2ccc3c(c2)CCO3)C12CCC2.I. The zero-order chi connectivity index (χ0) is 18.0. The smallest absolute Gasteiger partial charge is 0.191 e. The summed E-state index contributed by atoms with van der Waals surface area (Å²) >= 11 is 0. The van der Waals surface area contributed by atoms with Crippen molar-refractivity contribution in [2.75, 3.05) is 26.8 Å². The Kier molecular flexibility index (Phi) is 6.89. The summed E-state index contributed by atoms with van der Waals surface area (Å²) in [6, 6.07) is 7.05. The molecule has 2 atom stereocenters. The van der Waals surface area contributed by atoms with Gasteiger partial charge in [-0.05, 0) is 49.8 Å². The molecule has 4 rings (SSSR count). The highest BCUT2D eigenvalue weighted by molar-refractivity contribution is 14.0. The molecule has 2 N–H and O–H groups in total. The maximum atomic E-state index is 5.95. The molecule has 1 aromatic rings. The first-order chi connectivity index (χ1) is 12.7. The predicted octanol–water partition coefficient (Wildman–Crippen LogP) is 3.29. The maximum Gasteiger partial charge on any atom is 0.191 e. The lowest BCUT2D eigenvalue weighted by molar-refractivity contribution is -0.168. The van der Waals surface area contributed by atoms with Crippen LogP contribution in [0.5, 0.6) is 5.75 Å². The Morgan fingerprint density at radius 1 is 1.37 bits per heavy atom. The van der Waals surface area contributed by atoms with Crippen LogP contribution in [-0.4, -0.2) is 44.9 Å². The highest BCUT2D eigenvalue weighted by Gasteiger charge is 2.59. The number of benzene rings is 1. The van der Waals surface area contributed by atoms with E-state index in [1.165, 1.54) is 30.4 Å². The van der Waals surface area contributed by atoms with Crippen molar-refractivity contribution in [1.29, 1.82) is 0 Å². The van der Waals surface area contributed by atoms with Crippen LogP contribution >= 0.6 is 24.0 Å². The Bertz CT molecular complexity index is 675. The van der Waals surface area contributed by atoms with E-state index in [-0.39, 0.29) is 24.0 Å². The Labute approximate surface area is 179 Å². The fourth-order valence-corrected chi connectivity index (χ4v) is 4.72. The van der Waals surface area contributed by atoms with Crippen molar-refractivity contribution in [1.82, 2.24) is 10.6 Å². The number of nitrogens with zero attached hydrogens (tertiary/aromatic N) is 1. The van der Waals surface area contributed by atoms with Crippen LogP contribution in [0, 0.1) is 5.41 Å². The standard InChI is InChI=1S/C21H31N3O2.HI/c1-3-25-19-14-18(21(19)9-4-10-21)24-20(22-2)23-11-7-15-5-6-17-16(13-15)8-12-26-17;/h5-6,13,18-19H,3-4,7-12,14H2,1-2H3,(H2,22,23,24);1H. The third-order valence-electron chi connectivity index (χ3n) is 6.43. The van der Waals surface area contributed by atoms with Gasteiger partial charge < -0.3 is 20.1 Å². The zero-order valence-electron chi connectivity index (χ0n) is 16.4. The van der Waals surface area contributed by atoms with Crippen molar-refractivity contribution < 1.29 is 9.47 Å². The summed E-state index contributed by atoms with van der Waals surface area (Å²) in [6.45, 7) is 4.62. The van der Waals surface area contributed by atoms with Gasteiger partial charge in [0.05, 0.1) is 12.7 Å². The summed E-state index contributed by atoms with van der Waals surface area (Å²) in [5, 5.41) is 7.14. The van der Waals surface area contributed by atoms with Gasteiger partial charge in [0, 0.05) is 38.1 Å². The Balaban J connectivity index is 0.00000210. The lowest BCUT2D eigenvalue weighted by Gasteiger charge is -2.61. The molecule has 1 heterocycles. The van der Waals surface area contributed by atoms with Crippen LogP contribution in [0.2, 0.25) is 0 Å². The van der Waals surface area contributed by atoms with Gasteiger partial charge in [0.15, 0.2) is 5.96 Å². The van der Waals surface area contributed by atoms with Gasteiger partial charge >= 0.3 is 0 Å². The molecule has 1 aromatic carbocycles. The van der Waals surface area contributed by atoms with E-state index in [1.54, 1.807) is 0 Å². The first-order valence-electron chi connectivity index (χ1n) is 10.1. The lowest BCUT2D eigenvalue weighted by atomic mass is 9.51. The number of hydrogen-bond donors (Lipinski definition) is 2. The maximum absolute atomic E-state index is 5.95. The van der Waals surface area contributed by atoms with Crippen molar-refractivity contribution in [2.24, 2.45) is 10.4 Å². The van der Waals surface area contributed by atoms with E-state index < -0.39 is 0 Å². The van der Waals surface area contributed by atoms with Gasteiger partial charge in [-0.1, -0.05) is 18.6 Å². The van der Waals surface area contributed by atoms with Crippen LogP contribution in [0.15, 0.2) is 23.2 Å². The van der Waals surface area contributed by atoms with E-state index >= 15 is 0 Å². The number of ether oxygens (including phenoxy) is 2. The summed E-state index contributed by atoms with van der Waals surface area (Å²) < 4.78 is 11.5. The van der Waals surface area contributed by atoms with Gasteiger partial charge in [-0.25, -0.2) is 0 Å². The molecule has 5 nitrogen and oxygen atoms in total. The number of hydrogen-bond acceptors (Lipinski definition) is 3. The molecule has 2 aliphatic carbocycles. The summed E-state index contributed by atoms with van der Waals surface area (Å²) in [4.78, 5) is 4.43. The van der Waals surface area contributed by atoms with Gasteiger partial charge in [0.2, 0.25) is 0 Å². The zero-order valence-corrected chi connectivity index (χ0v) is 18.8. The van der Waals surface area contributed by atoms with Crippen LogP contribution in [-0.2, 0) is 17.6 Å². The van der Waals surface area contributed by atoms with Gasteiger partial charge in [-0.2, -0.15) is 0 Å². The summed E-state index contributed by atoms with van der Waals surface area (Å²) in [5.74, 6) is 1.97. The number of rotatable bonds is 6. The molecule has 1 aliphatic heterocycles. The van der Waals surface area contributed by atoms with E-state index in [0.29, 0.717) is 17.6 Å². The number of halogens is 1. The van der Waals surface area contributed by atoms with Crippen LogP contribution in [0.3, 0.4) is 0 Å². The average molecular weight is 485 g/mol. The second-order valence-corrected chi connectivity index (χ2v) is 7.75. The van der Waals surface area contributed by atoms with Gasteiger partial charge in [0.25, 0.3) is 0 Å². The normalized spacial score (nSPS) is 24.9. The molecule has 0 amide bonds. The van der Waals surface area contributed by atoms with Crippen molar-refractivity contribution >= 4 is 29.9 Å². The molecule has 0 radical (unpaired) electrons. The fraction of sp³-hybridized carbons (Fsp3) is 0.667. The topological polar surface area (TPSA) is 54.9 Å². The average Bonchev–Trinajstić information content (AvgIpc) is 3.05. The lowest BCUT2D eigenvalue weighted by Crippen LogP contribution is -2.68. The molecule has 6 heteroatoms. The molecule has 0 aromatic heterocycles. The van der Waals surface area contributed by atoms with E-state index in [2.05, 4.69) is 40.7 Å². The minimum atomic E-state index is 0. The molecule has 2 unspecified atom stereocenters. The quantitative estimate of drug-likeness (QED) is 0.369. The molecule has 150 valence electrons. The van der Waals surface area contributed by atoms with Gasteiger partial charge in [-0.15, -0.1) is 24.0 Å². The van der Waals surface area contributed by atoms with Crippen LogP contribution in [0.25, 0.3) is 0 Å². The third-order valence-corrected chi connectivity index (χ3v) is 6.43. The van der Waals surface area contributed by atoms with Crippen molar-refractivity contribution in [3.05, 3.63) is 29.3 Å². The number of guanidine groups is 1. The van der Waals surface area contributed by atoms with Crippen molar-refractivity contribution in [2.45, 2.75) is 57.6 Å². The second-order valence-electron chi connectivity index (χ2n) is 7.75. The van der Waals surface area contributed by atoms with Gasteiger partial charge in [-0.3, -0.25) is 4.99 Å². The molecule has 2 fully saturated rings. The van der Waals surface area contributed by atoms with Gasteiger partial charge in [0.1, 0.15) is 5.75 Å². The molecule has 3 aliphatic rings. The van der Waals surface area contributed by atoms with E-state index in [0.717, 1.165) is 50.7 Å². The number of aliphatic imine (C=N–C) groups is 1. The first-order valence-corrected chi connectivity index (χ1v) is 10.1. The highest BCUT2D eigenvalue weighted by Crippen LogP contribution is 2.57. The van der Waals surface area contributed by atoms with Crippen molar-refractivity contribution in [3.63, 3.8) is 0 Å². The van der Waals surface area contributed by atoms with Crippen LogP contribution < -0.4 is 15.4 Å². The van der Waals surface area contributed by atoms with Crippen LogP contribution in [0.1, 0.15) is 43.7 Å². The summed E-state index contributed by atoms with van der Waals surface area (Å²) in [5.41, 5.74) is 3.05. The fourth-order valence-electron chi connectivity index (χ4n) is 4.72. The molecule has 27 heavy (non-hydrogen) atoms. The van der Waals surface area contributed by atoms with Crippen LogP contribution in [0.4, 0.5) is 0 Å². The Morgan fingerprint density at radius 3 is 2.93 bits per heavy atom. The molecule has 0 bridgehead atoms. The van der Waals surface area contributed by atoms with E-state index in [4.69, 9.17) is 9.47 Å². The van der Waals surface area contributed by atoms with E-state index in [1.807, 2.05) is 7.05 Å². The minimum absolute atomic E-state index is 0. The third kappa shape index (κ3) is 4.06. The number of nitrogens with one attached hydrogen (secondary N) is 2. The Hall–Kier alpha value is -1.02. The molecular weight excluding hydrogens is 453 g/mol. The minimum Gasteiger partial charge on any atom is -0.493 e. The largest absolute Gasteiger partial charge is 0.493 e. The molecule has 2 saturated carbocycles. The highest BCUT2D eigenvalue weighted by atomic mass is 127. The predicted molar refractivity (Wildman–Crippen MR) is 119 cm³/mol. The monoisotopic (exact) mass is 485 g/mol. The first kappa shape index (κ1) is 20.7. The number of fused-ring (bicyclic) bond motifs is 1.